The molecule has 0 spiro atoms. The van der Waals surface area contributed by atoms with E-state index in [1.165, 1.54) is 17.7 Å². The van der Waals surface area contributed by atoms with Crippen molar-refractivity contribution >= 4 is 5.90 Å². The van der Waals surface area contributed by atoms with E-state index in [-0.39, 0.29) is 11.8 Å². The molecule has 0 saturated heterocycles. The molecule has 184 valence electrons. The molecule has 1 unspecified atom stereocenters. The largest absolute Gasteiger partial charge is 0.508 e. The lowest BCUT2D eigenvalue weighted by Crippen LogP contribution is -2.03. The number of rotatable bonds is 3. The van der Waals surface area contributed by atoms with Crippen molar-refractivity contribution in [3.05, 3.63) is 125 Å². The molecule has 1 aliphatic rings. The maximum Gasteiger partial charge on any atom is 0.416 e. The summed E-state index contributed by atoms with van der Waals surface area (Å²) in [5.41, 5.74) is 5.81. The summed E-state index contributed by atoms with van der Waals surface area (Å²) in [5, 5.41) is 9.40. The Balaban J connectivity index is 0.000000233. The number of ether oxygens (including phenoxy) is 1. The van der Waals surface area contributed by atoms with Crippen LogP contribution in [0.5, 0.6) is 5.75 Å². The van der Waals surface area contributed by atoms with E-state index in [1.807, 2.05) is 30.3 Å². The molecule has 0 bridgehead atoms. The van der Waals surface area contributed by atoms with Gasteiger partial charge in [-0.2, -0.15) is 13.2 Å². The molecule has 4 aromatic carbocycles. The molecule has 36 heavy (non-hydrogen) atoms. The summed E-state index contributed by atoms with van der Waals surface area (Å²) >= 11 is 0. The minimum atomic E-state index is -4.21. The summed E-state index contributed by atoms with van der Waals surface area (Å²) in [4.78, 5) is 4.76. The second-order valence-electron chi connectivity index (χ2n) is 8.61. The van der Waals surface area contributed by atoms with Crippen LogP contribution in [0.2, 0.25) is 0 Å². The van der Waals surface area contributed by atoms with Gasteiger partial charge in [-0.05, 0) is 66.4 Å². The summed E-state index contributed by atoms with van der Waals surface area (Å²) in [5.74, 6) is 1.01. The van der Waals surface area contributed by atoms with Crippen molar-refractivity contribution in [3.63, 3.8) is 0 Å². The van der Waals surface area contributed by atoms with Crippen LogP contribution in [-0.4, -0.2) is 17.6 Å². The van der Waals surface area contributed by atoms with Gasteiger partial charge in [0.1, 0.15) is 18.4 Å². The summed E-state index contributed by atoms with van der Waals surface area (Å²) in [6.45, 7) is 4.39. The van der Waals surface area contributed by atoms with E-state index in [2.05, 4.69) is 37.3 Å². The van der Waals surface area contributed by atoms with Crippen molar-refractivity contribution in [1.82, 2.24) is 0 Å². The van der Waals surface area contributed by atoms with Crippen LogP contribution in [0.25, 0.3) is 11.1 Å². The van der Waals surface area contributed by atoms with Crippen molar-refractivity contribution < 1.29 is 23.0 Å². The van der Waals surface area contributed by atoms with Crippen LogP contribution in [0.15, 0.2) is 102 Å². The minimum absolute atomic E-state index is 0.0310. The number of phenols is 1. The second-order valence-corrected chi connectivity index (χ2v) is 8.61. The Morgan fingerprint density at radius 2 is 1.36 bits per heavy atom. The van der Waals surface area contributed by atoms with Crippen molar-refractivity contribution in [2.75, 3.05) is 6.61 Å². The predicted molar refractivity (Wildman–Crippen MR) is 136 cm³/mol. The van der Waals surface area contributed by atoms with Crippen LogP contribution >= 0.6 is 0 Å². The van der Waals surface area contributed by atoms with E-state index in [1.54, 1.807) is 19.1 Å². The SMILES string of the molecule is Cc1ccc(C(F)(F)F)cc1.Cc1ccccc1C1=NC(c2ccc(-c3ccc(O)cc3)cc2)CO1. The van der Waals surface area contributed by atoms with E-state index in [4.69, 9.17) is 9.73 Å². The number of hydrogen-bond donors (Lipinski definition) is 1. The average Bonchev–Trinajstić information content (AvgIpc) is 3.35. The molecule has 0 aromatic heterocycles. The first kappa shape index (κ1) is 25.0. The number of halogens is 3. The molecule has 1 heterocycles. The number of aromatic hydroxyl groups is 1. The zero-order chi connectivity index (χ0) is 25.7. The Morgan fingerprint density at radius 1 is 0.778 bits per heavy atom. The molecule has 5 rings (SSSR count). The van der Waals surface area contributed by atoms with Crippen LogP contribution in [-0.2, 0) is 10.9 Å². The number of alkyl halides is 3. The van der Waals surface area contributed by atoms with Crippen molar-refractivity contribution in [3.8, 4) is 16.9 Å². The molecule has 0 radical (unpaired) electrons. The van der Waals surface area contributed by atoms with Gasteiger partial charge in [0, 0.05) is 5.56 Å². The third-order valence-corrected chi connectivity index (χ3v) is 5.90. The molecule has 0 fully saturated rings. The molecular formula is C30H26F3NO2. The molecule has 0 saturated carbocycles. The summed E-state index contributed by atoms with van der Waals surface area (Å²) in [7, 11) is 0. The van der Waals surface area contributed by atoms with Gasteiger partial charge >= 0.3 is 6.18 Å². The Hall–Kier alpha value is -4.06. The normalized spacial score (nSPS) is 14.9. The van der Waals surface area contributed by atoms with E-state index in [0.29, 0.717) is 6.61 Å². The first-order valence-corrected chi connectivity index (χ1v) is 11.5. The van der Waals surface area contributed by atoms with Gasteiger partial charge in [0.2, 0.25) is 5.90 Å². The highest BCUT2D eigenvalue weighted by Gasteiger charge is 2.29. The third kappa shape index (κ3) is 6.13. The van der Waals surface area contributed by atoms with Gasteiger partial charge in [0.05, 0.1) is 5.56 Å². The van der Waals surface area contributed by atoms with Crippen molar-refractivity contribution in [2.24, 2.45) is 4.99 Å². The zero-order valence-electron chi connectivity index (χ0n) is 20.0. The number of aryl methyl sites for hydroxylation is 2. The monoisotopic (exact) mass is 489 g/mol. The molecule has 1 aliphatic heterocycles. The highest BCUT2D eigenvalue weighted by Crippen LogP contribution is 2.30. The summed E-state index contributed by atoms with van der Waals surface area (Å²) in [6.07, 6.45) is -4.21. The fraction of sp³-hybridized carbons (Fsp3) is 0.167. The van der Waals surface area contributed by atoms with Gasteiger partial charge in [0.15, 0.2) is 0 Å². The van der Waals surface area contributed by atoms with Gasteiger partial charge in [-0.1, -0.05) is 72.3 Å². The van der Waals surface area contributed by atoms with E-state index >= 15 is 0 Å². The quantitative estimate of drug-likeness (QED) is 0.318. The first-order chi connectivity index (χ1) is 17.2. The second kappa shape index (κ2) is 10.7. The number of hydrogen-bond acceptors (Lipinski definition) is 3. The number of nitrogens with zero attached hydrogens (tertiary/aromatic N) is 1. The van der Waals surface area contributed by atoms with Crippen LogP contribution in [0.3, 0.4) is 0 Å². The molecule has 1 atom stereocenters. The fourth-order valence-electron chi connectivity index (χ4n) is 3.80. The Labute approximate surface area is 208 Å². The third-order valence-electron chi connectivity index (χ3n) is 5.90. The van der Waals surface area contributed by atoms with E-state index in [0.717, 1.165) is 45.8 Å². The number of benzene rings is 4. The summed E-state index contributed by atoms with van der Waals surface area (Å²) < 4.78 is 41.6. The van der Waals surface area contributed by atoms with Crippen LogP contribution in [0, 0.1) is 13.8 Å². The summed E-state index contributed by atoms with van der Waals surface area (Å²) in [6, 6.07) is 28.8. The standard InChI is InChI=1S/C22H19NO2.C8H7F3/c1-15-4-2-3-5-20(15)22-23-21(14-25-22)18-8-6-16(7-9-18)17-10-12-19(24)13-11-17;1-6-2-4-7(5-3-6)8(9,10)11/h2-13,21,24H,14H2,1H3;2-5H,1H3. The average molecular weight is 490 g/mol. The van der Waals surface area contributed by atoms with Crippen molar-refractivity contribution in [1.29, 1.82) is 0 Å². The Bertz CT molecular complexity index is 1330. The van der Waals surface area contributed by atoms with Crippen LogP contribution in [0.4, 0.5) is 13.2 Å². The Kier molecular flexibility index (Phi) is 7.44. The molecular weight excluding hydrogens is 463 g/mol. The zero-order valence-corrected chi connectivity index (χ0v) is 20.0. The van der Waals surface area contributed by atoms with Gasteiger partial charge in [-0.15, -0.1) is 0 Å². The van der Waals surface area contributed by atoms with E-state index in [9.17, 15) is 18.3 Å². The molecule has 0 amide bonds. The molecule has 1 N–H and O–H groups in total. The van der Waals surface area contributed by atoms with Crippen LogP contribution in [0.1, 0.15) is 33.9 Å². The van der Waals surface area contributed by atoms with E-state index < -0.39 is 11.7 Å². The fourth-order valence-corrected chi connectivity index (χ4v) is 3.80. The topological polar surface area (TPSA) is 41.8 Å². The van der Waals surface area contributed by atoms with Gasteiger partial charge in [-0.3, -0.25) is 0 Å². The van der Waals surface area contributed by atoms with Crippen molar-refractivity contribution in [2.45, 2.75) is 26.1 Å². The Morgan fingerprint density at radius 3 is 1.94 bits per heavy atom. The lowest BCUT2D eigenvalue weighted by atomic mass is 10.0. The molecule has 6 heteroatoms. The smallest absolute Gasteiger partial charge is 0.416 e. The maximum absolute atomic E-state index is 11.9. The van der Waals surface area contributed by atoms with Gasteiger partial charge in [-0.25, -0.2) is 4.99 Å². The van der Waals surface area contributed by atoms with Crippen LogP contribution < -0.4 is 0 Å². The first-order valence-electron chi connectivity index (χ1n) is 11.5. The molecule has 0 aliphatic carbocycles. The highest BCUT2D eigenvalue weighted by atomic mass is 19.4. The highest BCUT2D eigenvalue weighted by molar-refractivity contribution is 5.96. The number of aliphatic imine (C=N–C) groups is 1. The predicted octanol–water partition coefficient (Wildman–Crippen LogP) is 7.90. The number of phenolic OH excluding ortho intramolecular Hbond substituents is 1. The lowest BCUT2D eigenvalue weighted by Gasteiger charge is -2.07. The maximum atomic E-state index is 11.9. The van der Waals surface area contributed by atoms with Gasteiger partial charge < -0.3 is 9.84 Å². The van der Waals surface area contributed by atoms with Gasteiger partial charge in [0.25, 0.3) is 0 Å². The minimum Gasteiger partial charge on any atom is -0.508 e. The molecule has 4 aromatic rings. The lowest BCUT2D eigenvalue weighted by molar-refractivity contribution is -0.137. The molecule has 3 nitrogen and oxygen atoms in total.